The van der Waals surface area contributed by atoms with Gasteiger partial charge in [0, 0.05) is 41.5 Å². The van der Waals surface area contributed by atoms with Gasteiger partial charge in [0.2, 0.25) is 0 Å². The highest BCUT2D eigenvalue weighted by Crippen LogP contribution is 2.47. The molecule has 0 saturated carbocycles. The predicted molar refractivity (Wildman–Crippen MR) is 88.8 cm³/mol. The SMILES string of the molecule is COC(CCCCC/C=C/CCC[P+](C)(C)C)OC.[Cl-]. The molecule has 0 radical (unpaired) electrons. The molecule has 0 fully saturated rings. The van der Waals surface area contributed by atoms with Crippen LogP contribution in [-0.2, 0) is 9.47 Å². The Hall–Kier alpha value is 0.380. The van der Waals surface area contributed by atoms with Crippen molar-refractivity contribution in [1.82, 2.24) is 0 Å². The molecule has 0 atom stereocenters. The minimum Gasteiger partial charge on any atom is -1.00 e. The second-order valence-corrected chi connectivity index (χ2v) is 11.2. The third kappa shape index (κ3) is 16.4. The van der Waals surface area contributed by atoms with E-state index in [2.05, 4.69) is 32.1 Å². The number of unbranched alkanes of at least 4 members (excludes halogenated alkanes) is 4. The number of allylic oxidation sites excluding steroid dienone is 2. The molecule has 0 aromatic carbocycles. The van der Waals surface area contributed by atoms with Crippen LogP contribution in [0.2, 0.25) is 0 Å². The van der Waals surface area contributed by atoms with Crippen LogP contribution in [0.5, 0.6) is 0 Å². The summed E-state index contributed by atoms with van der Waals surface area (Å²) in [5, 5.41) is 0. The molecule has 122 valence electrons. The summed E-state index contributed by atoms with van der Waals surface area (Å²) in [5.41, 5.74) is 0. The molecule has 2 nitrogen and oxygen atoms in total. The van der Waals surface area contributed by atoms with Gasteiger partial charge in [-0.05, 0) is 38.5 Å². The lowest BCUT2D eigenvalue weighted by molar-refractivity contribution is -0.107. The first-order valence-electron chi connectivity index (χ1n) is 7.50. The standard InChI is InChI=1S/C16H34O2P.ClH/c1-17-16(18-2)14-12-10-8-6-7-9-11-13-15-19(3,4)5;/h7,9,16H,6,8,10-15H2,1-5H3;1H/q+1;/p-1/b9-7+;. The van der Waals surface area contributed by atoms with Crippen LogP contribution in [0.3, 0.4) is 0 Å². The van der Waals surface area contributed by atoms with E-state index in [0.717, 1.165) is 6.42 Å². The minimum atomic E-state index is -0.559. The second kappa shape index (κ2) is 14.3. The quantitative estimate of drug-likeness (QED) is 0.236. The van der Waals surface area contributed by atoms with Crippen molar-refractivity contribution in [3.05, 3.63) is 12.2 Å². The summed E-state index contributed by atoms with van der Waals surface area (Å²) in [7, 11) is 2.85. The first-order chi connectivity index (χ1) is 8.99. The first kappa shape index (κ1) is 22.7. The number of hydrogen-bond acceptors (Lipinski definition) is 2. The van der Waals surface area contributed by atoms with Crippen molar-refractivity contribution in [2.75, 3.05) is 40.4 Å². The van der Waals surface area contributed by atoms with Crippen molar-refractivity contribution < 1.29 is 21.9 Å². The number of ether oxygens (including phenoxy) is 2. The van der Waals surface area contributed by atoms with Crippen molar-refractivity contribution in [3.8, 4) is 0 Å². The number of methoxy groups -OCH3 is 2. The monoisotopic (exact) mass is 324 g/mol. The smallest absolute Gasteiger partial charge is 0.156 e. The summed E-state index contributed by atoms with van der Waals surface area (Å²) in [6.45, 7) is 7.26. The van der Waals surface area contributed by atoms with Crippen LogP contribution < -0.4 is 12.4 Å². The Bertz CT molecular complexity index is 223. The maximum absolute atomic E-state index is 5.17. The molecule has 20 heavy (non-hydrogen) atoms. The summed E-state index contributed by atoms with van der Waals surface area (Å²) < 4.78 is 10.3. The highest BCUT2D eigenvalue weighted by atomic mass is 35.5. The molecule has 4 heteroatoms. The average molecular weight is 325 g/mol. The van der Waals surface area contributed by atoms with E-state index in [1.807, 2.05) is 0 Å². The Morgan fingerprint density at radius 3 is 1.90 bits per heavy atom. The Morgan fingerprint density at radius 1 is 0.850 bits per heavy atom. The zero-order valence-electron chi connectivity index (χ0n) is 14.0. The van der Waals surface area contributed by atoms with Crippen LogP contribution in [-0.4, -0.2) is 46.7 Å². The Morgan fingerprint density at radius 2 is 1.40 bits per heavy atom. The van der Waals surface area contributed by atoms with E-state index in [1.54, 1.807) is 14.2 Å². The van der Waals surface area contributed by atoms with Crippen molar-refractivity contribution in [2.24, 2.45) is 0 Å². The fraction of sp³-hybridized carbons (Fsp3) is 0.875. The average Bonchev–Trinajstić information content (AvgIpc) is 2.35. The van der Waals surface area contributed by atoms with Crippen LogP contribution in [0.1, 0.15) is 44.9 Å². The van der Waals surface area contributed by atoms with Crippen LogP contribution in [0.25, 0.3) is 0 Å². The van der Waals surface area contributed by atoms with Gasteiger partial charge >= 0.3 is 0 Å². The van der Waals surface area contributed by atoms with E-state index < -0.39 is 7.26 Å². The third-order valence-electron chi connectivity index (χ3n) is 3.20. The Kier molecular flexibility index (Phi) is 16.2. The maximum atomic E-state index is 5.17. The highest BCUT2D eigenvalue weighted by molar-refractivity contribution is 7.73. The summed E-state index contributed by atoms with van der Waals surface area (Å²) in [4.78, 5) is 0. The molecule has 0 spiro atoms. The molecule has 0 aliphatic rings. The fourth-order valence-corrected chi connectivity index (χ4v) is 3.13. The van der Waals surface area contributed by atoms with Crippen molar-refractivity contribution in [1.29, 1.82) is 0 Å². The number of hydrogen-bond donors (Lipinski definition) is 0. The van der Waals surface area contributed by atoms with E-state index in [9.17, 15) is 0 Å². The summed E-state index contributed by atoms with van der Waals surface area (Å²) in [5.74, 6) is 0. The van der Waals surface area contributed by atoms with E-state index in [-0.39, 0.29) is 18.7 Å². The maximum Gasteiger partial charge on any atom is 0.156 e. The van der Waals surface area contributed by atoms with Gasteiger partial charge in [-0.1, -0.05) is 18.6 Å². The van der Waals surface area contributed by atoms with Crippen molar-refractivity contribution >= 4 is 7.26 Å². The molecule has 0 aliphatic carbocycles. The predicted octanol–water partition coefficient (Wildman–Crippen LogP) is 1.80. The van der Waals surface area contributed by atoms with Crippen LogP contribution >= 0.6 is 7.26 Å². The van der Waals surface area contributed by atoms with Gasteiger partial charge in [-0.2, -0.15) is 0 Å². The minimum absolute atomic E-state index is 0. The lowest BCUT2D eigenvalue weighted by atomic mass is 10.1. The lowest BCUT2D eigenvalue weighted by Crippen LogP contribution is -3.00. The summed E-state index contributed by atoms with van der Waals surface area (Å²) in [6.07, 6.45) is 14.7. The zero-order chi connectivity index (χ0) is 14.6. The van der Waals surface area contributed by atoms with Gasteiger partial charge in [0.25, 0.3) is 0 Å². The van der Waals surface area contributed by atoms with E-state index >= 15 is 0 Å². The molecular weight excluding hydrogens is 291 g/mol. The van der Waals surface area contributed by atoms with E-state index in [0.29, 0.717) is 0 Å². The van der Waals surface area contributed by atoms with Gasteiger partial charge < -0.3 is 21.9 Å². The van der Waals surface area contributed by atoms with E-state index in [1.165, 1.54) is 44.7 Å². The van der Waals surface area contributed by atoms with E-state index in [4.69, 9.17) is 9.47 Å². The fourth-order valence-electron chi connectivity index (χ4n) is 2.00. The van der Waals surface area contributed by atoms with Crippen LogP contribution in [0.4, 0.5) is 0 Å². The molecular formula is C16H34ClO2P. The number of rotatable bonds is 12. The summed E-state index contributed by atoms with van der Waals surface area (Å²) >= 11 is 0. The second-order valence-electron chi connectivity index (χ2n) is 6.17. The topological polar surface area (TPSA) is 18.5 Å². The largest absolute Gasteiger partial charge is 1.00 e. The molecule has 0 aromatic rings. The highest BCUT2D eigenvalue weighted by Gasteiger charge is 2.14. The van der Waals surface area contributed by atoms with Gasteiger partial charge in [-0.3, -0.25) is 0 Å². The molecule has 0 bridgehead atoms. The Balaban J connectivity index is 0. The molecule has 0 saturated heterocycles. The van der Waals surface area contributed by atoms with Gasteiger partial charge in [-0.15, -0.1) is 0 Å². The normalized spacial score (nSPS) is 12.1. The molecule has 0 unspecified atom stereocenters. The number of halogens is 1. The molecule has 0 N–H and O–H groups in total. The van der Waals surface area contributed by atoms with Gasteiger partial charge in [-0.25, -0.2) is 0 Å². The third-order valence-corrected chi connectivity index (χ3v) is 4.86. The van der Waals surface area contributed by atoms with Gasteiger partial charge in [0.1, 0.15) is 0 Å². The molecule has 0 heterocycles. The molecule has 0 amide bonds. The van der Waals surface area contributed by atoms with Gasteiger partial charge in [0.05, 0.1) is 6.16 Å². The van der Waals surface area contributed by atoms with Crippen LogP contribution in [0, 0.1) is 0 Å². The summed E-state index contributed by atoms with van der Waals surface area (Å²) in [6, 6.07) is 0. The molecule has 0 rings (SSSR count). The molecule has 0 aromatic heterocycles. The lowest BCUT2D eigenvalue weighted by Gasteiger charge is -2.12. The first-order valence-corrected chi connectivity index (χ1v) is 10.8. The van der Waals surface area contributed by atoms with Crippen molar-refractivity contribution in [2.45, 2.75) is 51.2 Å². The zero-order valence-corrected chi connectivity index (χ0v) is 15.7. The van der Waals surface area contributed by atoms with Crippen LogP contribution in [0.15, 0.2) is 12.2 Å². The molecule has 0 aliphatic heterocycles. The van der Waals surface area contributed by atoms with Gasteiger partial charge in [0.15, 0.2) is 6.29 Å². The van der Waals surface area contributed by atoms with Crippen molar-refractivity contribution in [3.63, 3.8) is 0 Å². The Labute approximate surface area is 133 Å².